The summed E-state index contributed by atoms with van der Waals surface area (Å²) in [5.41, 5.74) is -0.880. The molecule has 0 fully saturated rings. The van der Waals surface area contributed by atoms with Gasteiger partial charge in [0.25, 0.3) is 0 Å². The third-order valence-corrected chi connectivity index (χ3v) is 12.3. The molecule has 0 aromatic rings. The zero-order valence-electron chi connectivity index (χ0n) is 42.7. The molecule has 0 aromatic carbocycles. The van der Waals surface area contributed by atoms with Crippen molar-refractivity contribution in [2.75, 3.05) is 72.5 Å². The van der Waals surface area contributed by atoms with Crippen LogP contribution in [0.25, 0.3) is 0 Å². The van der Waals surface area contributed by atoms with Gasteiger partial charge in [-0.1, -0.05) is 155 Å². The minimum atomic E-state index is -0.880. The van der Waals surface area contributed by atoms with E-state index < -0.39 is 5.60 Å². The van der Waals surface area contributed by atoms with Crippen LogP contribution in [0, 0.1) is 0 Å². The van der Waals surface area contributed by atoms with E-state index in [1.54, 1.807) is 0 Å². The first kappa shape index (κ1) is 62.2. The Morgan fingerprint density at radius 2 is 0.766 bits per heavy atom. The molecule has 0 radical (unpaired) electrons. The van der Waals surface area contributed by atoms with Gasteiger partial charge in [-0.2, -0.15) is 0 Å². The Morgan fingerprint density at radius 1 is 0.406 bits per heavy atom. The second-order valence-electron chi connectivity index (χ2n) is 18.2. The van der Waals surface area contributed by atoms with E-state index in [0.29, 0.717) is 84.6 Å². The number of nitrogens with zero attached hydrogens (tertiary/aromatic N) is 1. The number of esters is 2. The maximum Gasteiger partial charge on any atom is 0.305 e. The molecule has 0 aromatic heterocycles. The van der Waals surface area contributed by atoms with E-state index in [1.165, 1.54) is 128 Å². The molecular formula is C55H105NO8. The van der Waals surface area contributed by atoms with Crippen LogP contribution >= 0.6 is 0 Å². The van der Waals surface area contributed by atoms with Crippen molar-refractivity contribution in [3.63, 3.8) is 0 Å². The summed E-state index contributed by atoms with van der Waals surface area (Å²) in [6, 6.07) is 0. The number of hydrogen-bond donors (Lipinski definition) is 1. The topological polar surface area (TPSA) is 104 Å². The van der Waals surface area contributed by atoms with Gasteiger partial charge in [-0.25, -0.2) is 0 Å². The molecule has 0 saturated carbocycles. The first-order valence-corrected chi connectivity index (χ1v) is 27.2. The molecule has 0 rings (SSSR count). The normalized spacial score (nSPS) is 12.1. The number of carbonyl (C=O) groups excluding carboxylic acids is 2. The summed E-state index contributed by atoms with van der Waals surface area (Å²) in [7, 11) is 0. The number of allylic oxidation sites excluding steroid dienone is 4. The summed E-state index contributed by atoms with van der Waals surface area (Å²) in [6.07, 6.45) is 45.6. The lowest BCUT2D eigenvalue weighted by molar-refractivity contribution is -0.146. The maximum atomic E-state index is 12.2. The van der Waals surface area contributed by atoms with E-state index in [0.717, 1.165) is 58.2 Å². The van der Waals surface area contributed by atoms with E-state index >= 15 is 0 Å². The van der Waals surface area contributed by atoms with E-state index in [4.69, 9.17) is 23.7 Å². The Bertz CT molecular complexity index is 966. The zero-order chi connectivity index (χ0) is 46.7. The maximum absolute atomic E-state index is 12.2. The first-order valence-electron chi connectivity index (χ1n) is 27.2. The van der Waals surface area contributed by atoms with Crippen molar-refractivity contribution in [2.45, 2.75) is 245 Å². The lowest BCUT2D eigenvalue weighted by Crippen LogP contribution is -2.32. The molecular weight excluding hydrogens is 803 g/mol. The van der Waals surface area contributed by atoms with E-state index in [2.05, 4.69) is 56.9 Å². The second kappa shape index (κ2) is 50.6. The number of unbranched alkanes of at least 4 members (excludes halogenated alkanes) is 22. The average Bonchev–Trinajstić information content (AvgIpc) is 3.29. The molecule has 0 saturated heterocycles. The molecule has 1 N–H and O–H groups in total. The average molecular weight is 908 g/mol. The van der Waals surface area contributed by atoms with Crippen molar-refractivity contribution < 1.29 is 38.4 Å². The first-order chi connectivity index (χ1) is 31.4. The standard InChI is InChI=1S/C55H105NO8/c1-5-9-11-13-15-17-19-21-23-25-27-29-31-33-35-39-53(57)63-51-49-60-45-37-41-55(59,43-47-62-48-44-56(7-3)8-4)42-38-46-61-50-52-64-54(58)40-36-34-32-30-28-26-24-22-20-18-16-14-12-10-6-2/h21-24,59H,5-20,25-52H2,1-4H3/b23-21-,24-22-. The van der Waals surface area contributed by atoms with Gasteiger partial charge in [-0.3, -0.25) is 9.59 Å². The fourth-order valence-corrected chi connectivity index (χ4v) is 7.94. The Hall–Kier alpha value is -1.78. The van der Waals surface area contributed by atoms with Gasteiger partial charge in [0.05, 0.1) is 25.4 Å². The van der Waals surface area contributed by atoms with Crippen LogP contribution in [-0.2, 0) is 33.3 Å². The van der Waals surface area contributed by atoms with Crippen LogP contribution in [0.3, 0.4) is 0 Å². The van der Waals surface area contributed by atoms with E-state index in [-0.39, 0.29) is 25.2 Å². The molecule has 0 amide bonds. The van der Waals surface area contributed by atoms with Crippen molar-refractivity contribution in [3.8, 4) is 0 Å². The Kier molecular flexibility index (Phi) is 49.2. The smallest absolute Gasteiger partial charge is 0.305 e. The molecule has 0 unspecified atom stereocenters. The van der Waals surface area contributed by atoms with Crippen LogP contribution in [0.5, 0.6) is 0 Å². The van der Waals surface area contributed by atoms with Gasteiger partial charge >= 0.3 is 11.9 Å². The summed E-state index contributed by atoms with van der Waals surface area (Å²) < 4.78 is 28.3. The molecule has 378 valence electrons. The molecule has 0 heterocycles. The fourth-order valence-electron chi connectivity index (χ4n) is 7.94. The molecule has 0 spiro atoms. The lowest BCUT2D eigenvalue weighted by Gasteiger charge is -2.28. The van der Waals surface area contributed by atoms with Crippen molar-refractivity contribution in [1.29, 1.82) is 0 Å². The summed E-state index contributed by atoms with van der Waals surface area (Å²) in [5, 5.41) is 11.6. The van der Waals surface area contributed by atoms with Crippen molar-refractivity contribution in [3.05, 3.63) is 24.3 Å². The molecule has 0 aliphatic heterocycles. The van der Waals surface area contributed by atoms with Gasteiger partial charge in [0.1, 0.15) is 13.2 Å². The minimum absolute atomic E-state index is 0.147. The fraction of sp³-hybridized carbons (Fsp3) is 0.891. The Balaban J connectivity index is 4.07. The summed E-state index contributed by atoms with van der Waals surface area (Å²) in [6.45, 7) is 15.1. The molecule has 64 heavy (non-hydrogen) atoms. The highest BCUT2D eigenvalue weighted by Crippen LogP contribution is 2.24. The van der Waals surface area contributed by atoms with Crippen molar-refractivity contribution >= 4 is 11.9 Å². The number of aliphatic hydroxyl groups is 1. The molecule has 0 bridgehead atoms. The second-order valence-corrected chi connectivity index (χ2v) is 18.2. The summed E-state index contributed by atoms with van der Waals surface area (Å²) in [5.74, 6) is -0.295. The predicted octanol–water partition coefficient (Wildman–Crippen LogP) is 14.2. The number of likely N-dealkylation sites (N-methyl/N-ethyl adjacent to an activating group) is 1. The van der Waals surface area contributed by atoms with Gasteiger partial charge in [0.15, 0.2) is 0 Å². The monoisotopic (exact) mass is 908 g/mol. The molecule has 0 aliphatic rings. The van der Waals surface area contributed by atoms with E-state index in [9.17, 15) is 14.7 Å². The predicted molar refractivity (Wildman–Crippen MR) is 269 cm³/mol. The number of ether oxygens (including phenoxy) is 5. The van der Waals surface area contributed by atoms with Crippen molar-refractivity contribution in [1.82, 2.24) is 4.90 Å². The van der Waals surface area contributed by atoms with Gasteiger partial charge in [0.2, 0.25) is 0 Å². The largest absolute Gasteiger partial charge is 0.463 e. The molecule has 9 heteroatoms. The lowest BCUT2D eigenvalue weighted by atomic mass is 9.89. The highest BCUT2D eigenvalue weighted by atomic mass is 16.6. The quantitative estimate of drug-likeness (QED) is 0.0363. The summed E-state index contributed by atoms with van der Waals surface area (Å²) >= 11 is 0. The number of hydrogen-bond acceptors (Lipinski definition) is 9. The van der Waals surface area contributed by atoms with Crippen molar-refractivity contribution in [2.24, 2.45) is 0 Å². The summed E-state index contributed by atoms with van der Waals surface area (Å²) in [4.78, 5) is 26.7. The van der Waals surface area contributed by atoms with Gasteiger partial charge in [0, 0.05) is 39.2 Å². The SMILES string of the molecule is CCCCCCCC/C=C\CCCCCCCC(=O)OCCOCCCC(O)(CCCOCCOC(=O)CCCCCCC/C=C\CCCCCCCC)CCOCCN(CC)CC. The number of rotatable bonds is 52. The highest BCUT2D eigenvalue weighted by Gasteiger charge is 2.26. The Morgan fingerprint density at radius 3 is 1.16 bits per heavy atom. The van der Waals surface area contributed by atoms with Crippen LogP contribution in [0.15, 0.2) is 24.3 Å². The van der Waals surface area contributed by atoms with Crippen LogP contribution in [0.1, 0.15) is 240 Å². The van der Waals surface area contributed by atoms with Gasteiger partial charge in [-0.05, 0) is 109 Å². The van der Waals surface area contributed by atoms with Gasteiger partial charge in [-0.15, -0.1) is 0 Å². The minimum Gasteiger partial charge on any atom is -0.463 e. The highest BCUT2D eigenvalue weighted by molar-refractivity contribution is 5.69. The third-order valence-electron chi connectivity index (χ3n) is 12.3. The number of carbonyl (C=O) groups is 2. The Labute approximate surface area is 396 Å². The zero-order valence-corrected chi connectivity index (χ0v) is 42.7. The van der Waals surface area contributed by atoms with Crippen LogP contribution < -0.4 is 0 Å². The van der Waals surface area contributed by atoms with E-state index in [1.807, 2.05) is 0 Å². The van der Waals surface area contributed by atoms with Crippen LogP contribution in [0.4, 0.5) is 0 Å². The molecule has 0 aliphatic carbocycles. The molecule has 0 atom stereocenters. The van der Waals surface area contributed by atoms with Crippen LogP contribution in [-0.4, -0.2) is 100 Å². The molecule has 9 nitrogen and oxygen atoms in total. The third kappa shape index (κ3) is 46.7. The van der Waals surface area contributed by atoms with Crippen LogP contribution in [0.2, 0.25) is 0 Å². The van der Waals surface area contributed by atoms with Gasteiger partial charge < -0.3 is 33.7 Å².